The molecular weight excluding hydrogens is 202 g/mol. The number of hydrogen-bond acceptors (Lipinski definition) is 3. The van der Waals surface area contributed by atoms with E-state index in [-0.39, 0.29) is 11.4 Å². The maximum Gasteiger partial charge on any atom is 0.338 e. The van der Waals surface area contributed by atoms with Crippen molar-refractivity contribution in [2.24, 2.45) is 0 Å². The number of ether oxygens (including phenoxy) is 1. The first-order valence-corrected chi connectivity index (χ1v) is 5.43. The second-order valence-corrected chi connectivity index (χ2v) is 4.94. The number of aryl methyl sites for hydroxylation is 1. The smallest absolute Gasteiger partial charge is 0.338 e. The van der Waals surface area contributed by atoms with Gasteiger partial charge in [0.25, 0.3) is 0 Å². The van der Waals surface area contributed by atoms with Crippen molar-refractivity contribution in [1.29, 1.82) is 0 Å². The van der Waals surface area contributed by atoms with E-state index >= 15 is 0 Å². The number of anilines is 1. The topological polar surface area (TPSA) is 38.3 Å². The first kappa shape index (κ1) is 11.0. The summed E-state index contributed by atoms with van der Waals surface area (Å²) in [5, 5.41) is 3.33. The van der Waals surface area contributed by atoms with Gasteiger partial charge in [0.1, 0.15) is 0 Å². The highest BCUT2D eigenvalue weighted by molar-refractivity contribution is 5.92. The molecule has 1 aromatic carbocycles. The van der Waals surface area contributed by atoms with E-state index in [2.05, 4.69) is 25.2 Å². The van der Waals surface area contributed by atoms with Gasteiger partial charge in [-0.05, 0) is 24.1 Å². The molecule has 0 aromatic heterocycles. The van der Waals surface area contributed by atoms with Gasteiger partial charge in [-0.2, -0.15) is 0 Å². The zero-order chi connectivity index (χ0) is 11.9. The third-order valence-electron chi connectivity index (χ3n) is 3.22. The molecule has 0 radical (unpaired) electrons. The molecule has 1 N–H and O–H groups in total. The van der Waals surface area contributed by atoms with Gasteiger partial charge in [-0.1, -0.05) is 19.9 Å². The number of methoxy groups -OCH3 is 1. The summed E-state index contributed by atoms with van der Waals surface area (Å²) in [6, 6.07) is 3.98. The van der Waals surface area contributed by atoms with Crippen LogP contribution in [0.1, 0.15) is 35.3 Å². The van der Waals surface area contributed by atoms with Crippen LogP contribution in [-0.2, 0) is 10.2 Å². The molecule has 0 spiro atoms. The maximum absolute atomic E-state index is 11.5. The number of rotatable bonds is 1. The molecule has 0 unspecified atom stereocenters. The van der Waals surface area contributed by atoms with Crippen LogP contribution in [0.25, 0.3) is 0 Å². The molecule has 16 heavy (non-hydrogen) atoms. The minimum absolute atomic E-state index is 0.134. The Kier molecular flexibility index (Phi) is 2.41. The van der Waals surface area contributed by atoms with Crippen LogP contribution in [0.2, 0.25) is 0 Å². The van der Waals surface area contributed by atoms with E-state index < -0.39 is 0 Å². The fourth-order valence-electron chi connectivity index (χ4n) is 2.16. The molecule has 1 aliphatic rings. The quantitative estimate of drug-likeness (QED) is 0.737. The summed E-state index contributed by atoms with van der Waals surface area (Å²) < 4.78 is 4.76. The van der Waals surface area contributed by atoms with Gasteiger partial charge >= 0.3 is 5.97 Å². The highest BCUT2D eigenvalue weighted by Crippen LogP contribution is 2.37. The molecule has 2 rings (SSSR count). The van der Waals surface area contributed by atoms with Gasteiger partial charge in [0.05, 0.1) is 12.7 Å². The number of nitrogens with one attached hydrogen (secondary N) is 1. The number of carbonyl (C=O) groups excluding carboxylic acids is 1. The lowest BCUT2D eigenvalue weighted by Crippen LogP contribution is -2.19. The van der Waals surface area contributed by atoms with Gasteiger partial charge in [0.15, 0.2) is 0 Å². The number of hydrogen-bond donors (Lipinski definition) is 1. The first-order valence-electron chi connectivity index (χ1n) is 5.43. The Balaban J connectivity index is 2.53. The Morgan fingerprint density at radius 3 is 2.75 bits per heavy atom. The van der Waals surface area contributed by atoms with Crippen LogP contribution >= 0.6 is 0 Å². The lowest BCUT2D eigenvalue weighted by molar-refractivity contribution is 0.0600. The monoisotopic (exact) mass is 219 g/mol. The van der Waals surface area contributed by atoms with Crippen LogP contribution in [-0.4, -0.2) is 19.6 Å². The summed E-state index contributed by atoms with van der Waals surface area (Å²) in [6.07, 6.45) is 0. The molecule has 0 fully saturated rings. The molecule has 0 bridgehead atoms. The van der Waals surface area contributed by atoms with E-state index in [1.807, 2.05) is 13.0 Å². The van der Waals surface area contributed by atoms with Crippen molar-refractivity contribution in [3.05, 3.63) is 28.8 Å². The number of carbonyl (C=O) groups is 1. The van der Waals surface area contributed by atoms with Crippen molar-refractivity contribution in [2.45, 2.75) is 26.2 Å². The molecule has 0 saturated carbocycles. The Morgan fingerprint density at radius 2 is 2.12 bits per heavy atom. The molecule has 0 amide bonds. The highest BCUT2D eigenvalue weighted by atomic mass is 16.5. The van der Waals surface area contributed by atoms with Crippen molar-refractivity contribution in [3.63, 3.8) is 0 Å². The van der Waals surface area contributed by atoms with Gasteiger partial charge in [-0.3, -0.25) is 0 Å². The summed E-state index contributed by atoms with van der Waals surface area (Å²) >= 11 is 0. The molecule has 86 valence electrons. The first-order chi connectivity index (χ1) is 7.45. The van der Waals surface area contributed by atoms with E-state index in [1.54, 1.807) is 0 Å². The molecule has 1 heterocycles. The third kappa shape index (κ3) is 1.56. The van der Waals surface area contributed by atoms with Gasteiger partial charge in [0.2, 0.25) is 0 Å². The zero-order valence-corrected chi connectivity index (χ0v) is 10.2. The Morgan fingerprint density at radius 1 is 1.44 bits per heavy atom. The van der Waals surface area contributed by atoms with Crippen molar-refractivity contribution >= 4 is 11.7 Å². The van der Waals surface area contributed by atoms with E-state index in [0.717, 1.165) is 17.8 Å². The summed E-state index contributed by atoms with van der Waals surface area (Å²) in [4.78, 5) is 11.5. The van der Waals surface area contributed by atoms with Gasteiger partial charge < -0.3 is 10.1 Å². The van der Waals surface area contributed by atoms with E-state index in [1.165, 1.54) is 12.7 Å². The van der Waals surface area contributed by atoms with Crippen LogP contribution in [0, 0.1) is 6.92 Å². The fraction of sp³-hybridized carbons (Fsp3) is 0.462. The SMILES string of the molecule is COC(=O)c1cc2c(cc1C)C(C)(C)CN2. The normalized spacial score (nSPS) is 16.5. The minimum Gasteiger partial charge on any atom is -0.465 e. The summed E-state index contributed by atoms with van der Waals surface area (Å²) in [6.45, 7) is 7.25. The molecule has 0 aliphatic carbocycles. The standard InChI is InChI=1S/C13H17NO2/c1-8-5-10-11(14-7-13(10,2)3)6-9(8)12(15)16-4/h5-6,14H,7H2,1-4H3. The highest BCUT2D eigenvalue weighted by Gasteiger charge is 2.30. The molecule has 1 aromatic rings. The molecule has 3 nitrogen and oxygen atoms in total. The van der Waals surface area contributed by atoms with Gasteiger partial charge in [-0.15, -0.1) is 0 Å². The Bertz CT molecular complexity index is 449. The van der Waals surface area contributed by atoms with Crippen LogP contribution in [0.4, 0.5) is 5.69 Å². The predicted octanol–water partition coefficient (Wildman–Crippen LogP) is 2.48. The Hall–Kier alpha value is -1.51. The second-order valence-electron chi connectivity index (χ2n) is 4.94. The van der Waals surface area contributed by atoms with Gasteiger partial charge in [0, 0.05) is 17.6 Å². The summed E-state index contributed by atoms with van der Waals surface area (Å²) in [5.41, 5.74) is 4.08. The largest absolute Gasteiger partial charge is 0.465 e. The van der Waals surface area contributed by atoms with Gasteiger partial charge in [-0.25, -0.2) is 4.79 Å². The van der Waals surface area contributed by atoms with Crippen molar-refractivity contribution in [3.8, 4) is 0 Å². The summed E-state index contributed by atoms with van der Waals surface area (Å²) in [7, 11) is 1.41. The molecular formula is C13H17NO2. The third-order valence-corrected chi connectivity index (χ3v) is 3.22. The lowest BCUT2D eigenvalue weighted by atomic mass is 9.85. The Labute approximate surface area is 95.8 Å². The predicted molar refractivity (Wildman–Crippen MR) is 64.0 cm³/mol. The zero-order valence-electron chi connectivity index (χ0n) is 10.2. The van der Waals surface area contributed by atoms with Crippen molar-refractivity contribution < 1.29 is 9.53 Å². The van der Waals surface area contributed by atoms with Crippen molar-refractivity contribution in [1.82, 2.24) is 0 Å². The summed E-state index contributed by atoms with van der Waals surface area (Å²) in [5.74, 6) is -0.271. The van der Waals surface area contributed by atoms with E-state index in [4.69, 9.17) is 4.74 Å². The van der Waals surface area contributed by atoms with E-state index in [9.17, 15) is 4.79 Å². The number of esters is 1. The number of fused-ring (bicyclic) bond motifs is 1. The second kappa shape index (κ2) is 3.51. The van der Waals surface area contributed by atoms with Crippen molar-refractivity contribution in [2.75, 3.05) is 19.0 Å². The molecule has 0 atom stereocenters. The average Bonchev–Trinajstić information content (AvgIpc) is 2.53. The van der Waals surface area contributed by atoms with Crippen LogP contribution in [0.5, 0.6) is 0 Å². The fourth-order valence-corrected chi connectivity index (χ4v) is 2.16. The van der Waals surface area contributed by atoms with Crippen LogP contribution < -0.4 is 5.32 Å². The molecule has 1 aliphatic heterocycles. The van der Waals surface area contributed by atoms with Crippen LogP contribution in [0.3, 0.4) is 0 Å². The lowest BCUT2D eigenvalue weighted by Gasteiger charge is -2.18. The van der Waals surface area contributed by atoms with Crippen LogP contribution in [0.15, 0.2) is 12.1 Å². The molecule has 0 saturated heterocycles. The molecule has 3 heteroatoms. The average molecular weight is 219 g/mol. The maximum atomic E-state index is 11.5. The number of benzene rings is 1. The minimum atomic E-state index is -0.271. The van der Waals surface area contributed by atoms with E-state index in [0.29, 0.717) is 5.56 Å².